The molecular weight excluding hydrogens is 296 g/mol. The quantitative estimate of drug-likeness (QED) is 0.503. The molecule has 0 aromatic heterocycles. The summed E-state index contributed by atoms with van der Waals surface area (Å²) in [5.74, 6) is 1.46. The first-order chi connectivity index (χ1) is 9.44. The van der Waals surface area contributed by atoms with E-state index in [2.05, 4.69) is 19.9 Å². The van der Waals surface area contributed by atoms with Gasteiger partial charge in [-0.15, -0.1) is 0 Å². The van der Waals surface area contributed by atoms with Crippen LogP contribution >= 0.6 is 10.7 Å². The van der Waals surface area contributed by atoms with E-state index in [-0.39, 0.29) is 5.75 Å². The molecule has 1 aromatic carbocycles. The van der Waals surface area contributed by atoms with Crippen LogP contribution in [-0.2, 0) is 9.05 Å². The molecular formula is C15H23ClO3S. The van der Waals surface area contributed by atoms with E-state index in [1.165, 1.54) is 5.56 Å². The van der Waals surface area contributed by atoms with E-state index in [4.69, 9.17) is 15.4 Å². The predicted molar refractivity (Wildman–Crippen MR) is 84.1 cm³/mol. The zero-order valence-electron chi connectivity index (χ0n) is 12.1. The van der Waals surface area contributed by atoms with Gasteiger partial charge in [-0.3, -0.25) is 0 Å². The van der Waals surface area contributed by atoms with Crippen LogP contribution in [0, 0.1) is 0 Å². The number of para-hydroxylation sites is 1. The van der Waals surface area contributed by atoms with Crippen LogP contribution in [0.3, 0.4) is 0 Å². The molecule has 0 N–H and O–H groups in total. The molecule has 0 aliphatic heterocycles. The Bertz CT molecular complexity index is 500. The van der Waals surface area contributed by atoms with E-state index < -0.39 is 9.05 Å². The number of rotatable bonds is 9. The molecule has 1 aromatic rings. The maximum Gasteiger partial charge on any atom is 0.232 e. The fourth-order valence-electron chi connectivity index (χ4n) is 1.97. The minimum Gasteiger partial charge on any atom is -0.493 e. The summed E-state index contributed by atoms with van der Waals surface area (Å²) in [6.07, 6.45) is 3.30. The van der Waals surface area contributed by atoms with Crippen LogP contribution in [0.15, 0.2) is 24.3 Å². The van der Waals surface area contributed by atoms with Gasteiger partial charge in [0.1, 0.15) is 5.75 Å². The summed E-state index contributed by atoms with van der Waals surface area (Å²) >= 11 is 0. The minimum atomic E-state index is -3.35. The highest BCUT2D eigenvalue weighted by Crippen LogP contribution is 2.28. The zero-order chi connectivity index (χ0) is 15.0. The molecule has 0 aliphatic rings. The van der Waals surface area contributed by atoms with Gasteiger partial charge in [-0.25, -0.2) is 8.42 Å². The van der Waals surface area contributed by atoms with Crippen molar-refractivity contribution in [2.45, 2.75) is 45.4 Å². The van der Waals surface area contributed by atoms with Gasteiger partial charge < -0.3 is 4.74 Å². The van der Waals surface area contributed by atoms with Crippen molar-refractivity contribution in [3.05, 3.63) is 29.8 Å². The second-order valence-electron chi connectivity index (χ2n) is 5.00. The van der Waals surface area contributed by atoms with Crippen LogP contribution in [0.4, 0.5) is 0 Å². The first-order valence-electron chi connectivity index (χ1n) is 7.08. The van der Waals surface area contributed by atoms with Gasteiger partial charge in [0.05, 0.1) is 12.4 Å². The van der Waals surface area contributed by atoms with Crippen LogP contribution in [0.5, 0.6) is 5.75 Å². The number of hydrogen-bond acceptors (Lipinski definition) is 3. The summed E-state index contributed by atoms with van der Waals surface area (Å²) in [5, 5.41) is 0. The van der Waals surface area contributed by atoms with E-state index in [0.29, 0.717) is 18.9 Å². The van der Waals surface area contributed by atoms with Gasteiger partial charge in [-0.1, -0.05) is 32.0 Å². The normalized spacial score (nSPS) is 13.2. The first kappa shape index (κ1) is 17.3. The van der Waals surface area contributed by atoms with Crippen molar-refractivity contribution >= 4 is 19.7 Å². The highest BCUT2D eigenvalue weighted by molar-refractivity contribution is 8.13. The van der Waals surface area contributed by atoms with Gasteiger partial charge in [-0.2, -0.15) is 0 Å². The van der Waals surface area contributed by atoms with Crippen LogP contribution in [-0.4, -0.2) is 20.8 Å². The average Bonchev–Trinajstić information content (AvgIpc) is 2.41. The molecule has 0 spiro atoms. The van der Waals surface area contributed by atoms with Crippen molar-refractivity contribution in [3.8, 4) is 5.75 Å². The summed E-state index contributed by atoms with van der Waals surface area (Å²) in [6, 6.07) is 8.09. The smallest absolute Gasteiger partial charge is 0.232 e. The molecule has 0 fully saturated rings. The maximum absolute atomic E-state index is 10.8. The molecule has 114 valence electrons. The van der Waals surface area contributed by atoms with E-state index in [1.54, 1.807) is 0 Å². The van der Waals surface area contributed by atoms with E-state index in [9.17, 15) is 8.42 Å². The van der Waals surface area contributed by atoms with Gasteiger partial charge in [0.15, 0.2) is 0 Å². The summed E-state index contributed by atoms with van der Waals surface area (Å²) in [4.78, 5) is 0. The van der Waals surface area contributed by atoms with Gasteiger partial charge in [-0.05, 0) is 43.2 Å². The van der Waals surface area contributed by atoms with Crippen molar-refractivity contribution < 1.29 is 13.2 Å². The number of benzene rings is 1. The molecule has 3 nitrogen and oxygen atoms in total. The third kappa shape index (κ3) is 6.62. The largest absolute Gasteiger partial charge is 0.493 e. The Morgan fingerprint density at radius 3 is 2.55 bits per heavy atom. The summed E-state index contributed by atoms with van der Waals surface area (Å²) in [5.41, 5.74) is 1.23. The Hall–Kier alpha value is -0.740. The van der Waals surface area contributed by atoms with Gasteiger partial charge >= 0.3 is 0 Å². The molecule has 0 aliphatic carbocycles. The summed E-state index contributed by atoms with van der Waals surface area (Å²) in [6.45, 7) is 4.96. The summed E-state index contributed by atoms with van der Waals surface area (Å²) in [7, 11) is 1.80. The highest BCUT2D eigenvalue weighted by atomic mass is 35.7. The monoisotopic (exact) mass is 318 g/mol. The fraction of sp³-hybridized carbons (Fsp3) is 0.600. The third-order valence-corrected chi connectivity index (χ3v) is 4.59. The highest BCUT2D eigenvalue weighted by Gasteiger charge is 2.09. The number of unbranched alkanes of at least 4 members (excludes halogenated alkanes) is 2. The lowest BCUT2D eigenvalue weighted by atomic mass is 9.98. The SMILES string of the molecule is CCC(C)c1ccccc1OCCCCCS(=O)(=O)Cl. The van der Waals surface area contributed by atoms with E-state index in [0.717, 1.165) is 25.0 Å². The molecule has 1 atom stereocenters. The number of halogens is 1. The predicted octanol–water partition coefficient (Wildman–Crippen LogP) is 4.32. The van der Waals surface area contributed by atoms with Crippen LogP contribution in [0.1, 0.15) is 51.0 Å². The van der Waals surface area contributed by atoms with Crippen LogP contribution < -0.4 is 4.74 Å². The van der Waals surface area contributed by atoms with E-state index in [1.807, 2.05) is 18.2 Å². The standard InChI is InChI=1S/C15H23ClO3S/c1-3-13(2)14-9-5-6-10-15(14)19-11-7-4-8-12-20(16,17)18/h5-6,9-10,13H,3-4,7-8,11-12H2,1-2H3. The van der Waals surface area contributed by atoms with Gasteiger partial charge in [0.2, 0.25) is 9.05 Å². The Morgan fingerprint density at radius 2 is 1.90 bits per heavy atom. The minimum absolute atomic E-state index is 0.0397. The maximum atomic E-state index is 10.8. The van der Waals surface area contributed by atoms with Crippen molar-refractivity contribution in [2.75, 3.05) is 12.4 Å². The lowest BCUT2D eigenvalue weighted by Gasteiger charge is -2.15. The molecule has 0 heterocycles. The van der Waals surface area contributed by atoms with Crippen molar-refractivity contribution in [1.29, 1.82) is 0 Å². The van der Waals surface area contributed by atoms with Crippen molar-refractivity contribution in [2.24, 2.45) is 0 Å². The summed E-state index contributed by atoms with van der Waals surface area (Å²) < 4.78 is 27.4. The second kappa shape index (κ2) is 8.53. The van der Waals surface area contributed by atoms with E-state index >= 15 is 0 Å². The van der Waals surface area contributed by atoms with Crippen LogP contribution in [0.25, 0.3) is 0 Å². The zero-order valence-corrected chi connectivity index (χ0v) is 13.7. The number of hydrogen-bond donors (Lipinski definition) is 0. The lowest BCUT2D eigenvalue weighted by molar-refractivity contribution is 0.301. The first-order valence-corrected chi connectivity index (χ1v) is 9.56. The Morgan fingerprint density at radius 1 is 1.20 bits per heavy atom. The van der Waals surface area contributed by atoms with Crippen LogP contribution in [0.2, 0.25) is 0 Å². The molecule has 1 rings (SSSR count). The Kier molecular flexibility index (Phi) is 7.38. The lowest BCUT2D eigenvalue weighted by Crippen LogP contribution is -2.03. The molecule has 0 amide bonds. The fourth-order valence-corrected chi connectivity index (χ4v) is 2.85. The molecule has 0 saturated heterocycles. The van der Waals surface area contributed by atoms with Crippen molar-refractivity contribution in [3.63, 3.8) is 0 Å². The van der Waals surface area contributed by atoms with Gasteiger partial charge in [0, 0.05) is 10.7 Å². The second-order valence-corrected chi connectivity index (χ2v) is 7.90. The number of ether oxygens (including phenoxy) is 1. The molecule has 0 bridgehead atoms. The third-order valence-electron chi connectivity index (χ3n) is 3.35. The Labute approximate surface area is 126 Å². The Balaban J connectivity index is 2.35. The van der Waals surface area contributed by atoms with Gasteiger partial charge in [0.25, 0.3) is 0 Å². The van der Waals surface area contributed by atoms with Crippen molar-refractivity contribution in [1.82, 2.24) is 0 Å². The topological polar surface area (TPSA) is 43.4 Å². The molecule has 0 radical (unpaired) electrons. The molecule has 20 heavy (non-hydrogen) atoms. The average molecular weight is 319 g/mol. The molecule has 5 heteroatoms. The molecule has 0 saturated carbocycles. The molecule has 1 unspecified atom stereocenters.